The van der Waals surface area contributed by atoms with Gasteiger partial charge < -0.3 is 0 Å². The summed E-state index contributed by atoms with van der Waals surface area (Å²) in [6, 6.07) is 87.2. The molecule has 0 N–H and O–H groups in total. The minimum Gasteiger partial charge on any atom is -0.166 e. The molecule has 0 bridgehead atoms. The van der Waals surface area contributed by atoms with Gasteiger partial charge in [0.1, 0.15) is 0 Å². The second-order valence-electron chi connectivity index (χ2n) is 21.8. The summed E-state index contributed by atoms with van der Waals surface area (Å²) in [6.45, 7) is 0. The van der Waals surface area contributed by atoms with Crippen LogP contribution in [0.25, 0.3) is 165 Å². The van der Waals surface area contributed by atoms with Crippen LogP contribution in [0.2, 0.25) is 0 Å². The molecule has 2 aliphatic rings. The first-order chi connectivity index (χ1) is 41.0. The summed E-state index contributed by atoms with van der Waals surface area (Å²) in [5, 5.41) is 7.98. The normalized spacial score (nSPS) is 12.4. The van der Waals surface area contributed by atoms with Gasteiger partial charge in [-0.05, 0) is 190 Å². The maximum absolute atomic E-state index is 14.3. The number of rotatable bonds is 7. The van der Waals surface area contributed by atoms with Crippen molar-refractivity contribution in [2.24, 2.45) is 0 Å². The fourth-order valence-electron chi connectivity index (χ4n) is 14.0. The van der Waals surface area contributed by atoms with Gasteiger partial charge in [0.05, 0.1) is 11.1 Å². The SMILES string of the molecule is FC(F)(F)c1ccc(-c2c3c(c(-c4ccccc4-c4ccccc4)c4ccccc24)-c2ccc(-c4ccc5c6c(cccc46)-c4c-5c(-c5ccccc5-c5ccccc5)c5ccccc5c4-c4ccc(C(F)(F)F)cc4)c4cccc-3c24)cc1. The van der Waals surface area contributed by atoms with Crippen molar-refractivity contribution in [1.82, 2.24) is 0 Å². The summed E-state index contributed by atoms with van der Waals surface area (Å²) >= 11 is 0. The van der Waals surface area contributed by atoms with Crippen LogP contribution >= 0.6 is 0 Å². The zero-order valence-corrected chi connectivity index (χ0v) is 44.7. The van der Waals surface area contributed by atoms with Crippen LogP contribution in [0.4, 0.5) is 26.3 Å². The predicted molar refractivity (Wildman–Crippen MR) is 333 cm³/mol. The summed E-state index contributed by atoms with van der Waals surface area (Å²) in [4.78, 5) is 0. The molecule has 0 heterocycles. The third-order valence-corrected chi connectivity index (χ3v) is 17.4. The van der Waals surface area contributed by atoms with E-state index >= 15 is 0 Å². The topological polar surface area (TPSA) is 0 Å². The van der Waals surface area contributed by atoms with Crippen molar-refractivity contribution >= 4 is 43.1 Å². The van der Waals surface area contributed by atoms with E-state index in [1.54, 1.807) is 24.3 Å². The fraction of sp³-hybridized carbons (Fsp3) is 0.0256. The van der Waals surface area contributed by atoms with Crippen LogP contribution in [-0.2, 0) is 12.4 Å². The van der Waals surface area contributed by atoms with E-state index in [0.29, 0.717) is 11.1 Å². The molecular weight excluding hydrogens is 1050 g/mol. The van der Waals surface area contributed by atoms with Gasteiger partial charge in [0.25, 0.3) is 0 Å². The zero-order chi connectivity index (χ0) is 56.6. The van der Waals surface area contributed by atoms with Crippen LogP contribution < -0.4 is 0 Å². The highest BCUT2D eigenvalue weighted by Crippen LogP contribution is 2.62. The lowest BCUT2D eigenvalue weighted by Crippen LogP contribution is -2.04. The lowest BCUT2D eigenvalue weighted by Gasteiger charge is -2.22. The first-order valence-corrected chi connectivity index (χ1v) is 28.0. The highest BCUT2D eigenvalue weighted by atomic mass is 19.4. The Kier molecular flexibility index (Phi) is 11.0. The average Bonchev–Trinajstić information content (AvgIpc) is 1.79. The molecule has 84 heavy (non-hydrogen) atoms. The van der Waals surface area contributed by atoms with Crippen LogP contribution in [0.15, 0.2) is 267 Å². The van der Waals surface area contributed by atoms with Crippen molar-refractivity contribution in [1.29, 1.82) is 0 Å². The van der Waals surface area contributed by atoms with Crippen molar-refractivity contribution in [2.75, 3.05) is 0 Å². The molecule has 14 aromatic carbocycles. The lowest BCUT2D eigenvalue weighted by atomic mass is 9.81. The Bertz CT molecular complexity index is 4730. The largest absolute Gasteiger partial charge is 0.416 e. The number of benzene rings is 14. The first-order valence-electron chi connectivity index (χ1n) is 28.0. The van der Waals surface area contributed by atoms with E-state index < -0.39 is 23.5 Å². The molecule has 2 aliphatic carbocycles. The highest BCUT2D eigenvalue weighted by Gasteiger charge is 2.37. The van der Waals surface area contributed by atoms with Crippen LogP contribution in [0.5, 0.6) is 0 Å². The van der Waals surface area contributed by atoms with Gasteiger partial charge in [-0.3, -0.25) is 0 Å². The van der Waals surface area contributed by atoms with Gasteiger partial charge in [-0.2, -0.15) is 26.3 Å². The smallest absolute Gasteiger partial charge is 0.166 e. The number of hydrogen-bond acceptors (Lipinski definition) is 0. The van der Waals surface area contributed by atoms with Crippen molar-refractivity contribution in [2.45, 2.75) is 12.4 Å². The Hall–Kier alpha value is -10.3. The summed E-state index contributed by atoms with van der Waals surface area (Å²) in [5.74, 6) is 0. The molecule has 0 spiro atoms. The molecule has 0 aliphatic heterocycles. The maximum atomic E-state index is 14.3. The number of halogens is 6. The van der Waals surface area contributed by atoms with E-state index in [0.717, 1.165) is 154 Å². The first kappa shape index (κ1) is 49.5. The van der Waals surface area contributed by atoms with Gasteiger partial charge in [0.2, 0.25) is 0 Å². The third kappa shape index (κ3) is 7.43. The minimum absolute atomic E-state index is 0.685. The Morgan fingerprint density at radius 1 is 0.167 bits per heavy atom. The number of alkyl halides is 6. The highest BCUT2D eigenvalue weighted by molar-refractivity contribution is 6.32. The van der Waals surface area contributed by atoms with Crippen molar-refractivity contribution < 1.29 is 26.3 Å². The van der Waals surface area contributed by atoms with Crippen LogP contribution in [0, 0.1) is 0 Å². The minimum atomic E-state index is -4.50. The molecule has 0 nitrogen and oxygen atoms in total. The summed E-state index contributed by atoms with van der Waals surface area (Å²) < 4.78 is 85.5. The zero-order valence-electron chi connectivity index (χ0n) is 44.7. The van der Waals surface area contributed by atoms with Gasteiger partial charge >= 0.3 is 12.4 Å². The lowest BCUT2D eigenvalue weighted by molar-refractivity contribution is -0.138. The average molecular weight is 1100 g/mol. The molecule has 6 heteroatoms. The molecule has 0 amide bonds. The van der Waals surface area contributed by atoms with E-state index in [-0.39, 0.29) is 0 Å². The third-order valence-electron chi connectivity index (χ3n) is 17.4. The summed E-state index contributed by atoms with van der Waals surface area (Å²) in [5.41, 5.74) is 20.2. The van der Waals surface area contributed by atoms with Gasteiger partial charge in [-0.15, -0.1) is 0 Å². The summed E-state index contributed by atoms with van der Waals surface area (Å²) in [6.07, 6.45) is -9.01. The van der Waals surface area contributed by atoms with Gasteiger partial charge in [-0.25, -0.2) is 0 Å². The maximum Gasteiger partial charge on any atom is 0.416 e. The molecule has 0 aromatic heterocycles. The molecular formula is C78H44F6. The fourth-order valence-corrected chi connectivity index (χ4v) is 14.0. The molecule has 0 radical (unpaired) electrons. The molecule has 0 saturated heterocycles. The van der Waals surface area contributed by atoms with Crippen molar-refractivity contribution in [3.63, 3.8) is 0 Å². The standard InChI is InChI=1S/C78H44F6/c79-77(80,81)49-37-33-47(34-38-49)67-59-25-11-13-27-61(59)71(55-23-9-7-21-51(55)45-17-3-1-4-18-45)75-65-43-41-53(57-29-15-31-63(69(57)65)73(67)75)54-42-44-66-70-58(54)30-16-32-64(70)74-68(48-35-39-50(40-36-48)78(82,83)84)60-26-12-14-28-62(60)72(76(66)74)56-24-10-8-22-52(56)46-19-5-2-6-20-46/h1-44H. The number of hydrogen-bond donors (Lipinski definition) is 0. The second-order valence-corrected chi connectivity index (χ2v) is 21.8. The molecule has 0 atom stereocenters. The van der Waals surface area contributed by atoms with Gasteiger partial charge in [0, 0.05) is 0 Å². The Morgan fingerprint density at radius 2 is 0.440 bits per heavy atom. The van der Waals surface area contributed by atoms with Gasteiger partial charge in [0.15, 0.2) is 0 Å². The van der Waals surface area contributed by atoms with Gasteiger partial charge in [-0.1, -0.05) is 243 Å². The van der Waals surface area contributed by atoms with Crippen molar-refractivity contribution in [3.05, 3.63) is 278 Å². The van der Waals surface area contributed by atoms with Crippen molar-refractivity contribution in [3.8, 4) is 122 Å². The van der Waals surface area contributed by atoms with Crippen LogP contribution in [-0.4, -0.2) is 0 Å². The summed E-state index contributed by atoms with van der Waals surface area (Å²) in [7, 11) is 0. The van der Waals surface area contributed by atoms with Crippen LogP contribution in [0.1, 0.15) is 11.1 Å². The molecule has 0 fully saturated rings. The Balaban J connectivity index is 0.972. The van der Waals surface area contributed by atoms with E-state index in [1.165, 1.54) is 24.3 Å². The molecule has 398 valence electrons. The predicted octanol–water partition coefficient (Wildman–Crippen LogP) is 23.3. The second kappa shape index (κ2) is 18.6. The van der Waals surface area contributed by atoms with E-state index in [4.69, 9.17) is 0 Å². The Morgan fingerprint density at radius 3 is 0.810 bits per heavy atom. The van der Waals surface area contributed by atoms with E-state index in [1.807, 2.05) is 60.7 Å². The van der Waals surface area contributed by atoms with Crippen LogP contribution in [0.3, 0.4) is 0 Å². The Labute approximate surface area is 479 Å². The quantitative estimate of drug-likeness (QED) is 0.140. The van der Waals surface area contributed by atoms with E-state index in [2.05, 4.69) is 158 Å². The molecule has 14 aromatic rings. The van der Waals surface area contributed by atoms with E-state index in [9.17, 15) is 26.3 Å². The monoisotopic (exact) mass is 1090 g/mol. The molecule has 0 unspecified atom stereocenters. The molecule has 0 saturated carbocycles. The molecule has 16 rings (SSSR count). The number of fused-ring (bicyclic) bond motifs is 8.